The molecule has 0 radical (unpaired) electrons. The van der Waals surface area contributed by atoms with Crippen molar-refractivity contribution >= 4 is 43.5 Å². The van der Waals surface area contributed by atoms with Gasteiger partial charge in [0.2, 0.25) is 0 Å². The molecule has 0 aliphatic heterocycles. The van der Waals surface area contributed by atoms with Crippen LogP contribution in [0, 0.1) is 0 Å². The first-order valence-corrected chi connectivity index (χ1v) is 14.6. The van der Waals surface area contributed by atoms with Crippen LogP contribution >= 0.6 is 0 Å². The fraction of sp³-hybridized carbons (Fsp3) is 0. The minimum atomic E-state index is -0.481. The van der Waals surface area contributed by atoms with Crippen LogP contribution in [0.25, 0.3) is 88.8 Å². The molecule has 2 aromatic heterocycles. The van der Waals surface area contributed by atoms with Crippen LogP contribution in [0.4, 0.5) is 0 Å². The smallest absolute Gasteiger partial charge is 0.164 e. The second kappa shape index (κ2) is 10.2. The largest absolute Gasteiger partial charge is 0.456 e. The maximum atomic E-state index is 8.74. The van der Waals surface area contributed by atoms with E-state index in [0.29, 0.717) is 22.8 Å². The van der Waals surface area contributed by atoms with E-state index in [1.165, 1.54) is 0 Å². The van der Waals surface area contributed by atoms with Gasteiger partial charge in [0.1, 0.15) is 11.2 Å². The van der Waals surface area contributed by atoms with Crippen LogP contribution in [0.2, 0.25) is 0 Å². The molecule has 0 amide bonds. The second-order valence-corrected chi connectivity index (χ2v) is 10.9. The first-order chi connectivity index (χ1) is 24.4. The van der Waals surface area contributed by atoms with Crippen LogP contribution < -0.4 is 0 Å². The number of rotatable bonds is 4. The highest BCUT2D eigenvalue weighted by molar-refractivity contribution is 6.11. The van der Waals surface area contributed by atoms with Gasteiger partial charge < -0.3 is 4.42 Å². The van der Waals surface area contributed by atoms with Crippen molar-refractivity contribution in [3.63, 3.8) is 0 Å². The zero-order valence-electron chi connectivity index (χ0n) is 28.8. The van der Waals surface area contributed by atoms with Crippen LogP contribution in [0.3, 0.4) is 0 Å². The van der Waals surface area contributed by atoms with Crippen molar-refractivity contribution in [2.24, 2.45) is 0 Å². The van der Waals surface area contributed by atoms with E-state index < -0.39 is 18.1 Å². The summed E-state index contributed by atoms with van der Waals surface area (Å²) >= 11 is 0. The fourth-order valence-corrected chi connectivity index (χ4v) is 6.06. The third-order valence-corrected chi connectivity index (χ3v) is 8.20. The molecule has 0 aliphatic rings. The Balaban J connectivity index is 1.31. The highest BCUT2D eigenvalue weighted by atomic mass is 16.3. The minimum Gasteiger partial charge on any atom is -0.456 e. The van der Waals surface area contributed by atoms with Crippen molar-refractivity contribution in [1.29, 1.82) is 0 Å². The van der Waals surface area contributed by atoms with Crippen molar-refractivity contribution in [1.82, 2.24) is 15.0 Å². The van der Waals surface area contributed by atoms with Gasteiger partial charge in [-0.15, -0.1) is 0 Å². The van der Waals surface area contributed by atoms with E-state index >= 15 is 0 Å². The van der Waals surface area contributed by atoms with Gasteiger partial charge in [0, 0.05) is 27.5 Å². The van der Waals surface area contributed by atoms with Crippen molar-refractivity contribution in [3.8, 4) is 45.3 Å². The average molecular weight is 581 g/mol. The van der Waals surface area contributed by atoms with Gasteiger partial charge in [-0.1, -0.05) is 115 Å². The highest BCUT2D eigenvalue weighted by Crippen LogP contribution is 2.37. The van der Waals surface area contributed by atoms with Gasteiger partial charge >= 0.3 is 0 Å². The van der Waals surface area contributed by atoms with Gasteiger partial charge in [0.15, 0.2) is 17.5 Å². The molecule has 9 rings (SSSR count). The van der Waals surface area contributed by atoms with Gasteiger partial charge in [-0.3, -0.25) is 0 Å². The molecule has 0 spiro atoms. The molecule has 4 heteroatoms. The molecule has 45 heavy (non-hydrogen) atoms. The summed E-state index contributed by atoms with van der Waals surface area (Å²) in [4.78, 5) is 14.6. The monoisotopic (exact) mass is 580 g/mol. The highest BCUT2D eigenvalue weighted by Gasteiger charge is 2.17. The van der Waals surface area contributed by atoms with E-state index in [4.69, 9.17) is 26.2 Å². The Morgan fingerprint density at radius 3 is 1.84 bits per heavy atom. The van der Waals surface area contributed by atoms with E-state index in [1.807, 2.05) is 84.9 Å². The molecule has 0 saturated carbocycles. The second-order valence-electron chi connectivity index (χ2n) is 10.9. The summed E-state index contributed by atoms with van der Waals surface area (Å²) in [6, 6.07) is 38.0. The lowest BCUT2D eigenvalue weighted by molar-refractivity contribution is 0.669. The molecule has 0 fully saturated rings. The number of nitrogens with zero attached hydrogens (tertiary/aromatic N) is 3. The molecule has 9 aromatic rings. The zero-order valence-corrected chi connectivity index (χ0v) is 23.8. The average Bonchev–Trinajstić information content (AvgIpc) is 3.51. The third-order valence-electron chi connectivity index (χ3n) is 8.20. The molecule has 0 saturated heterocycles. The number of fused-ring (bicyclic) bond motifs is 5. The third kappa shape index (κ3) is 4.35. The summed E-state index contributed by atoms with van der Waals surface area (Å²) < 4.78 is 48.6. The standard InChI is InChI=1S/C41H25N3O/c1-3-11-26(12-4-1)31-20-21-34(33-18-10-9-17-32(31)33)41-43-39(27-13-5-2-6-14-27)42-40(44-41)30-19-22-37-35(24-30)36-23-28-15-7-8-16-29(28)25-38(36)45-37/h1-25H/i2D,5D,6D,13D,14D. The summed E-state index contributed by atoms with van der Waals surface area (Å²) in [5.41, 5.74) is 4.88. The number of hydrogen-bond acceptors (Lipinski definition) is 4. The maximum absolute atomic E-state index is 8.74. The van der Waals surface area contributed by atoms with E-state index in [0.717, 1.165) is 54.6 Å². The molecular formula is C41H25N3O. The summed E-state index contributed by atoms with van der Waals surface area (Å²) in [5.74, 6) is 0.599. The Kier molecular flexibility index (Phi) is 4.72. The van der Waals surface area contributed by atoms with Gasteiger partial charge in [0.25, 0.3) is 0 Å². The van der Waals surface area contributed by atoms with E-state index in [-0.39, 0.29) is 23.5 Å². The van der Waals surface area contributed by atoms with Gasteiger partial charge in [-0.05, 0) is 69.1 Å². The van der Waals surface area contributed by atoms with Crippen LogP contribution in [0.5, 0.6) is 0 Å². The maximum Gasteiger partial charge on any atom is 0.164 e. The van der Waals surface area contributed by atoms with Crippen LogP contribution in [0.1, 0.15) is 6.85 Å². The number of furan rings is 1. The SMILES string of the molecule is [2H]c1c([2H])c([2H])c(-c2nc(-c3ccc4oc5cc6ccccc6cc5c4c3)nc(-c3ccc(-c4ccccc4)c4ccccc34)n2)c([2H])c1[2H]. The lowest BCUT2D eigenvalue weighted by Gasteiger charge is -2.13. The van der Waals surface area contributed by atoms with Crippen LogP contribution in [-0.2, 0) is 0 Å². The fourth-order valence-electron chi connectivity index (χ4n) is 6.06. The summed E-state index contributed by atoms with van der Waals surface area (Å²) in [6.45, 7) is 0. The molecular weight excluding hydrogens is 550 g/mol. The molecule has 7 aromatic carbocycles. The molecule has 2 heterocycles. The number of aromatic nitrogens is 3. The van der Waals surface area contributed by atoms with Crippen molar-refractivity contribution < 1.29 is 11.3 Å². The Bertz CT molecular complexity index is 2810. The Hall–Kier alpha value is -6.13. The Morgan fingerprint density at radius 1 is 0.422 bits per heavy atom. The van der Waals surface area contributed by atoms with E-state index in [9.17, 15) is 0 Å². The molecule has 0 bridgehead atoms. The Labute approximate surface area is 266 Å². The van der Waals surface area contributed by atoms with Gasteiger partial charge in [0.05, 0.1) is 6.85 Å². The lowest BCUT2D eigenvalue weighted by Crippen LogP contribution is -2.00. The minimum absolute atomic E-state index is 0.0126. The van der Waals surface area contributed by atoms with Gasteiger partial charge in [-0.2, -0.15) is 0 Å². The van der Waals surface area contributed by atoms with Crippen LogP contribution in [-0.4, -0.2) is 15.0 Å². The predicted octanol–water partition coefficient (Wildman–Crippen LogP) is 10.7. The topological polar surface area (TPSA) is 51.8 Å². The van der Waals surface area contributed by atoms with E-state index in [2.05, 4.69) is 36.4 Å². The van der Waals surface area contributed by atoms with Crippen molar-refractivity contribution in [2.75, 3.05) is 0 Å². The molecule has 0 aliphatic carbocycles. The molecule has 4 nitrogen and oxygen atoms in total. The normalized spacial score (nSPS) is 13.1. The first kappa shape index (κ1) is 20.7. The quantitative estimate of drug-likeness (QED) is 0.208. The summed E-state index contributed by atoms with van der Waals surface area (Å²) in [5, 5.41) is 5.90. The summed E-state index contributed by atoms with van der Waals surface area (Å²) in [7, 11) is 0. The van der Waals surface area contributed by atoms with Crippen molar-refractivity contribution in [2.45, 2.75) is 0 Å². The van der Waals surface area contributed by atoms with Crippen LogP contribution in [0.15, 0.2) is 156 Å². The predicted molar refractivity (Wildman–Crippen MR) is 184 cm³/mol. The lowest BCUT2D eigenvalue weighted by atomic mass is 9.94. The molecule has 0 unspecified atom stereocenters. The van der Waals surface area contributed by atoms with Gasteiger partial charge in [-0.25, -0.2) is 15.0 Å². The van der Waals surface area contributed by atoms with E-state index in [1.54, 1.807) is 0 Å². The number of benzene rings is 7. The molecule has 210 valence electrons. The summed E-state index contributed by atoms with van der Waals surface area (Å²) in [6.07, 6.45) is 0. The first-order valence-electron chi connectivity index (χ1n) is 17.1. The Morgan fingerprint density at radius 2 is 1.04 bits per heavy atom. The number of hydrogen-bond donors (Lipinski definition) is 0. The molecule has 0 atom stereocenters. The zero-order chi connectivity index (χ0) is 34.1. The molecule has 0 N–H and O–H groups in total. The van der Waals surface area contributed by atoms with Crippen molar-refractivity contribution in [3.05, 3.63) is 152 Å².